The van der Waals surface area contributed by atoms with Gasteiger partial charge in [-0.05, 0) is 30.7 Å². The van der Waals surface area contributed by atoms with Gasteiger partial charge in [-0.15, -0.1) is 0 Å². The molecule has 1 aliphatic rings. The van der Waals surface area contributed by atoms with Crippen molar-refractivity contribution in [3.63, 3.8) is 0 Å². The smallest absolute Gasteiger partial charge is 0.129 e. The van der Waals surface area contributed by atoms with E-state index in [0.29, 0.717) is 12.1 Å². The van der Waals surface area contributed by atoms with E-state index in [1.54, 1.807) is 18.2 Å². The molecule has 0 aliphatic heterocycles. The molecule has 18 heavy (non-hydrogen) atoms. The second-order valence-electron chi connectivity index (χ2n) is 5.14. The number of hydrogen-bond donors (Lipinski definition) is 3. The summed E-state index contributed by atoms with van der Waals surface area (Å²) in [5.41, 5.74) is 0.543. The van der Waals surface area contributed by atoms with Crippen molar-refractivity contribution in [1.82, 2.24) is 5.32 Å². The van der Waals surface area contributed by atoms with E-state index in [1.807, 2.05) is 0 Å². The first-order valence-electron chi connectivity index (χ1n) is 6.41. The first-order chi connectivity index (χ1) is 8.67. The summed E-state index contributed by atoms with van der Waals surface area (Å²) in [7, 11) is 0. The highest BCUT2D eigenvalue weighted by Crippen LogP contribution is 2.47. The Hall–Kier alpha value is -0.970. The fraction of sp³-hybridized carbons (Fsp3) is 0.571. The zero-order valence-corrected chi connectivity index (χ0v) is 10.4. The molecule has 0 spiro atoms. The number of rotatable bonds is 7. The molecule has 0 bridgehead atoms. The number of nitrogens with one attached hydrogen (secondary N) is 1. The van der Waals surface area contributed by atoms with Gasteiger partial charge in [0, 0.05) is 25.3 Å². The van der Waals surface area contributed by atoms with Gasteiger partial charge < -0.3 is 15.5 Å². The van der Waals surface area contributed by atoms with Crippen molar-refractivity contribution in [3.8, 4) is 0 Å². The molecule has 0 saturated heterocycles. The molecule has 3 N–H and O–H groups in total. The van der Waals surface area contributed by atoms with E-state index in [2.05, 4.69) is 5.32 Å². The topological polar surface area (TPSA) is 52.5 Å². The van der Waals surface area contributed by atoms with Crippen molar-refractivity contribution in [3.05, 3.63) is 35.6 Å². The van der Waals surface area contributed by atoms with E-state index in [-0.39, 0.29) is 17.8 Å². The van der Waals surface area contributed by atoms with E-state index in [1.165, 1.54) is 6.07 Å². The van der Waals surface area contributed by atoms with Gasteiger partial charge in [0.2, 0.25) is 0 Å². The molecule has 0 radical (unpaired) electrons. The highest BCUT2D eigenvalue weighted by molar-refractivity contribution is 5.20. The second-order valence-corrected chi connectivity index (χ2v) is 5.14. The van der Waals surface area contributed by atoms with E-state index in [0.717, 1.165) is 25.8 Å². The first kappa shape index (κ1) is 13.5. The normalized spacial score (nSPS) is 18.6. The maximum Gasteiger partial charge on any atom is 0.129 e. The van der Waals surface area contributed by atoms with Crippen LogP contribution >= 0.6 is 0 Å². The number of aliphatic hydroxyl groups is 2. The Kier molecular flexibility index (Phi) is 4.32. The lowest BCUT2D eigenvalue weighted by Crippen LogP contribution is -2.29. The van der Waals surface area contributed by atoms with Gasteiger partial charge in [-0.2, -0.15) is 0 Å². The molecule has 2 rings (SSSR count). The number of benzene rings is 1. The Bertz CT molecular complexity index is 393. The van der Waals surface area contributed by atoms with Crippen LogP contribution in [0.5, 0.6) is 0 Å². The van der Waals surface area contributed by atoms with Gasteiger partial charge in [-0.3, -0.25) is 0 Å². The molecule has 3 nitrogen and oxygen atoms in total. The van der Waals surface area contributed by atoms with Gasteiger partial charge in [0.1, 0.15) is 5.82 Å². The Morgan fingerprint density at radius 2 is 2.06 bits per heavy atom. The fourth-order valence-electron chi connectivity index (χ4n) is 2.26. The predicted molar refractivity (Wildman–Crippen MR) is 67.6 cm³/mol. The molecule has 1 aromatic carbocycles. The highest BCUT2D eigenvalue weighted by atomic mass is 19.1. The summed E-state index contributed by atoms with van der Waals surface area (Å²) in [4.78, 5) is 0. The molecule has 1 saturated carbocycles. The fourth-order valence-corrected chi connectivity index (χ4v) is 2.26. The Morgan fingerprint density at radius 1 is 1.33 bits per heavy atom. The summed E-state index contributed by atoms with van der Waals surface area (Å²) in [6, 6.07) is 6.28. The summed E-state index contributed by atoms with van der Waals surface area (Å²) in [6.07, 6.45) is 2.22. The zero-order chi connectivity index (χ0) is 13.0. The van der Waals surface area contributed by atoms with Gasteiger partial charge in [-0.25, -0.2) is 4.39 Å². The summed E-state index contributed by atoms with van der Waals surface area (Å²) in [6.45, 7) is 1.32. The van der Waals surface area contributed by atoms with E-state index < -0.39 is 6.10 Å². The van der Waals surface area contributed by atoms with Gasteiger partial charge in [0.05, 0.1) is 6.10 Å². The predicted octanol–water partition coefficient (Wildman–Crippen LogP) is 1.61. The molecule has 1 fully saturated rings. The molecule has 0 aromatic heterocycles. The molecule has 1 aliphatic carbocycles. The van der Waals surface area contributed by atoms with Crippen LogP contribution in [0.1, 0.15) is 30.9 Å². The summed E-state index contributed by atoms with van der Waals surface area (Å²) in [5, 5.41) is 22.0. The molecule has 1 aromatic rings. The molecular weight excluding hydrogens is 233 g/mol. The van der Waals surface area contributed by atoms with Gasteiger partial charge >= 0.3 is 0 Å². The van der Waals surface area contributed by atoms with Crippen LogP contribution in [0, 0.1) is 11.2 Å². The maximum atomic E-state index is 13.4. The molecule has 4 heteroatoms. The summed E-state index contributed by atoms with van der Waals surface area (Å²) < 4.78 is 13.4. The van der Waals surface area contributed by atoms with E-state index in [9.17, 15) is 9.50 Å². The van der Waals surface area contributed by atoms with Crippen molar-refractivity contribution in [2.75, 3.05) is 19.7 Å². The number of aliphatic hydroxyl groups excluding tert-OH is 2. The molecule has 100 valence electrons. The Morgan fingerprint density at radius 3 is 2.67 bits per heavy atom. The highest BCUT2D eigenvalue weighted by Gasteiger charge is 2.41. The van der Waals surface area contributed by atoms with Gasteiger partial charge in [0.25, 0.3) is 0 Å². The maximum absolute atomic E-state index is 13.4. The SMILES string of the molecule is OCCC1(CNCC(O)c2ccccc2F)CC1. The van der Waals surface area contributed by atoms with Crippen LogP contribution in [0.15, 0.2) is 24.3 Å². The van der Waals surface area contributed by atoms with E-state index in [4.69, 9.17) is 5.11 Å². The van der Waals surface area contributed by atoms with Crippen LogP contribution in [0.25, 0.3) is 0 Å². The summed E-state index contributed by atoms with van der Waals surface area (Å²) >= 11 is 0. The Balaban J connectivity index is 1.79. The van der Waals surface area contributed by atoms with E-state index >= 15 is 0 Å². The van der Waals surface area contributed by atoms with Crippen LogP contribution in [0.3, 0.4) is 0 Å². The first-order valence-corrected chi connectivity index (χ1v) is 6.41. The average molecular weight is 253 g/mol. The minimum absolute atomic E-state index is 0.206. The quantitative estimate of drug-likeness (QED) is 0.692. The summed E-state index contributed by atoms with van der Waals surface area (Å²) in [5.74, 6) is -0.372. The molecule has 1 atom stereocenters. The lowest BCUT2D eigenvalue weighted by molar-refractivity contribution is 0.165. The van der Waals surface area contributed by atoms with Crippen LogP contribution in [-0.2, 0) is 0 Å². The number of halogens is 1. The minimum Gasteiger partial charge on any atom is -0.396 e. The van der Waals surface area contributed by atoms with Crippen LogP contribution < -0.4 is 5.32 Å². The second kappa shape index (κ2) is 5.78. The molecule has 0 heterocycles. The minimum atomic E-state index is -0.823. The van der Waals surface area contributed by atoms with Crippen molar-refractivity contribution in [2.24, 2.45) is 5.41 Å². The molecular formula is C14H20FNO2. The number of hydrogen-bond acceptors (Lipinski definition) is 3. The van der Waals surface area contributed by atoms with Crippen LogP contribution in [0.4, 0.5) is 4.39 Å². The zero-order valence-electron chi connectivity index (χ0n) is 10.4. The molecule has 1 unspecified atom stereocenters. The van der Waals surface area contributed by atoms with Crippen LogP contribution in [-0.4, -0.2) is 29.9 Å². The lowest BCUT2D eigenvalue weighted by Gasteiger charge is -2.17. The van der Waals surface area contributed by atoms with Gasteiger partial charge in [0.15, 0.2) is 0 Å². The van der Waals surface area contributed by atoms with Gasteiger partial charge in [-0.1, -0.05) is 18.2 Å². The third-order valence-electron chi connectivity index (χ3n) is 3.70. The van der Waals surface area contributed by atoms with Crippen molar-refractivity contribution in [2.45, 2.75) is 25.4 Å². The lowest BCUT2D eigenvalue weighted by atomic mass is 10.0. The third kappa shape index (κ3) is 3.28. The average Bonchev–Trinajstić information content (AvgIpc) is 3.10. The van der Waals surface area contributed by atoms with Crippen molar-refractivity contribution >= 4 is 0 Å². The Labute approximate surface area is 107 Å². The third-order valence-corrected chi connectivity index (χ3v) is 3.70. The van der Waals surface area contributed by atoms with Crippen LogP contribution in [0.2, 0.25) is 0 Å². The monoisotopic (exact) mass is 253 g/mol. The van der Waals surface area contributed by atoms with Crippen molar-refractivity contribution < 1.29 is 14.6 Å². The molecule has 0 amide bonds. The largest absolute Gasteiger partial charge is 0.396 e. The van der Waals surface area contributed by atoms with Crippen molar-refractivity contribution in [1.29, 1.82) is 0 Å². The standard InChI is InChI=1S/C14H20FNO2/c15-12-4-2-1-3-11(12)13(18)9-16-10-14(5-6-14)7-8-17/h1-4,13,16-18H,5-10H2.